The maximum absolute atomic E-state index is 5.92. The van der Waals surface area contributed by atoms with Crippen molar-refractivity contribution in [3.05, 3.63) is 41.4 Å². The van der Waals surface area contributed by atoms with E-state index >= 15 is 0 Å². The fraction of sp³-hybridized carbons (Fsp3) is 0.467. The van der Waals surface area contributed by atoms with Crippen molar-refractivity contribution in [3.8, 4) is 5.75 Å². The zero-order chi connectivity index (χ0) is 13.4. The minimum atomic E-state index is 0.307. The zero-order valence-corrected chi connectivity index (χ0v) is 12.0. The van der Waals surface area contributed by atoms with Crippen molar-refractivity contribution in [1.82, 2.24) is 5.32 Å². The Labute approximate surface area is 115 Å². The van der Waals surface area contributed by atoms with Crippen molar-refractivity contribution in [3.63, 3.8) is 0 Å². The second-order valence-electron chi connectivity index (χ2n) is 4.58. The summed E-state index contributed by atoms with van der Waals surface area (Å²) in [4.78, 5) is 0. The number of ether oxygens (including phenoxy) is 1. The highest BCUT2D eigenvalue weighted by Crippen LogP contribution is 2.17. The van der Waals surface area contributed by atoms with Crippen molar-refractivity contribution in [1.29, 1.82) is 0 Å². The molecule has 1 aromatic carbocycles. The highest BCUT2D eigenvalue weighted by molar-refractivity contribution is 6.30. The Balaban J connectivity index is 2.47. The van der Waals surface area contributed by atoms with Crippen LogP contribution in [-0.4, -0.2) is 19.2 Å². The van der Waals surface area contributed by atoms with E-state index in [2.05, 4.69) is 18.8 Å². The van der Waals surface area contributed by atoms with Crippen molar-refractivity contribution in [2.24, 2.45) is 0 Å². The summed E-state index contributed by atoms with van der Waals surface area (Å²) in [6.45, 7) is 9.78. The summed E-state index contributed by atoms with van der Waals surface area (Å²) in [5.41, 5.74) is 1.17. The van der Waals surface area contributed by atoms with E-state index in [1.54, 1.807) is 0 Å². The summed E-state index contributed by atoms with van der Waals surface area (Å²) < 4.78 is 5.76. The monoisotopic (exact) mass is 267 g/mol. The number of nitrogens with one attached hydrogen (secondary N) is 1. The van der Waals surface area contributed by atoms with Gasteiger partial charge in [0.25, 0.3) is 0 Å². The molecule has 0 saturated heterocycles. The van der Waals surface area contributed by atoms with Crippen molar-refractivity contribution >= 4 is 11.6 Å². The van der Waals surface area contributed by atoms with Gasteiger partial charge in [-0.1, -0.05) is 30.2 Å². The second kappa shape index (κ2) is 8.17. The van der Waals surface area contributed by atoms with Crippen LogP contribution in [0.4, 0.5) is 0 Å². The van der Waals surface area contributed by atoms with Crippen LogP contribution < -0.4 is 10.1 Å². The largest absolute Gasteiger partial charge is 0.492 e. The lowest BCUT2D eigenvalue weighted by molar-refractivity contribution is 0.263. The molecule has 3 heteroatoms. The molecule has 0 fully saturated rings. The predicted molar refractivity (Wildman–Crippen MR) is 78.5 cm³/mol. The Hall–Kier alpha value is -0.990. The van der Waals surface area contributed by atoms with Crippen LogP contribution in [0, 0.1) is 0 Å². The molecule has 0 aliphatic heterocycles. The van der Waals surface area contributed by atoms with E-state index in [4.69, 9.17) is 16.3 Å². The fourth-order valence-electron chi connectivity index (χ4n) is 1.71. The van der Waals surface area contributed by atoms with Crippen LogP contribution in [0.2, 0.25) is 5.02 Å². The van der Waals surface area contributed by atoms with Crippen LogP contribution in [0.15, 0.2) is 36.4 Å². The summed E-state index contributed by atoms with van der Waals surface area (Å²) in [6, 6.07) is 7.80. The molecule has 0 radical (unpaired) electrons. The molecule has 1 N–H and O–H groups in total. The van der Waals surface area contributed by atoms with Crippen LogP contribution in [0.25, 0.3) is 0 Å². The molecule has 0 aromatic heterocycles. The van der Waals surface area contributed by atoms with E-state index in [1.165, 1.54) is 5.57 Å². The van der Waals surface area contributed by atoms with Gasteiger partial charge in [0, 0.05) is 11.1 Å². The van der Waals surface area contributed by atoms with Crippen LogP contribution in [0.5, 0.6) is 5.75 Å². The third-order valence-electron chi connectivity index (χ3n) is 2.53. The summed E-state index contributed by atoms with van der Waals surface area (Å²) in [5, 5.41) is 4.17. The molecule has 1 rings (SSSR count). The number of halogens is 1. The molecule has 1 aromatic rings. The highest BCUT2D eigenvalue weighted by Gasteiger charge is 2.09. The molecule has 0 aliphatic rings. The first-order valence-electron chi connectivity index (χ1n) is 6.38. The lowest BCUT2D eigenvalue weighted by Crippen LogP contribution is -2.35. The van der Waals surface area contributed by atoms with Gasteiger partial charge in [0.15, 0.2) is 0 Å². The maximum Gasteiger partial charge on any atom is 0.120 e. The summed E-state index contributed by atoms with van der Waals surface area (Å²) >= 11 is 5.92. The van der Waals surface area contributed by atoms with Gasteiger partial charge < -0.3 is 10.1 Å². The quantitative estimate of drug-likeness (QED) is 0.718. The Morgan fingerprint density at radius 2 is 2.28 bits per heavy atom. The smallest absolute Gasteiger partial charge is 0.120 e. The van der Waals surface area contributed by atoms with E-state index in [0.29, 0.717) is 17.7 Å². The van der Waals surface area contributed by atoms with Crippen LogP contribution >= 0.6 is 11.6 Å². The Morgan fingerprint density at radius 3 is 2.89 bits per heavy atom. The molecule has 100 valence electrons. The topological polar surface area (TPSA) is 21.3 Å². The first-order valence-corrected chi connectivity index (χ1v) is 6.75. The van der Waals surface area contributed by atoms with Gasteiger partial charge in [-0.3, -0.25) is 0 Å². The minimum Gasteiger partial charge on any atom is -0.492 e. The first-order chi connectivity index (χ1) is 8.61. The van der Waals surface area contributed by atoms with Crippen molar-refractivity contribution in [2.45, 2.75) is 32.7 Å². The van der Waals surface area contributed by atoms with E-state index in [1.807, 2.05) is 31.2 Å². The summed E-state index contributed by atoms with van der Waals surface area (Å²) in [7, 11) is 0. The van der Waals surface area contributed by atoms with Crippen LogP contribution in [0.1, 0.15) is 26.7 Å². The maximum atomic E-state index is 5.92. The van der Waals surface area contributed by atoms with Gasteiger partial charge in [0.1, 0.15) is 12.4 Å². The molecule has 0 spiro atoms. The van der Waals surface area contributed by atoms with Gasteiger partial charge >= 0.3 is 0 Å². The van der Waals surface area contributed by atoms with Crippen molar-refractivity contribution < 1.29 is 4.74 Å². The molecule has 0 amide bonds. The molecular formula is C15H22ClNO. The minimum absolute atomic E-state index is 0.307. The SMILES string of the molecule is C=C(C)CC(COc1cccc(Cl)c1)NCCC. The normalized spacial score (nSPS) is 12.2. The molecular weight excluding hydrogens is 246 g/mol. The lowest BCUT2D eigenvalue weighted by Gasteiger charge is -2.19. The lowest BCUT2D eigenvalue weighted by atomic mass is 10.1. The van der Waals surface area contributed by atoms with Gasteiger partial charge in [-0.2, -0.15) is 0 Å². The highest BCUT2D eigenvalue weighted by atomic mass is 35.5. The van der Waals surface area contributed by atoms with E-state index in [0.717, 1.165) is 25.1 Å². The predicted octanol–water partition coefficient (Wildman–Crippen LogP) is 4.05. The van der Waals surface area contributed by atoms with Crippen LogP contribution in [0.3, 0.4) is 0 Å². The average Bonchev–Trinajstić information content (AvgIpc) is 2.32. The molecule has 0 heterocycles. The Morgan fingerprint density at radius 1 is 1.50 bits per heavy atom. The Kier molecular flexibility index (Phi) is 6.84. The van der Waals surface area contributed by atoms with Gasteiger partial charge in [-0.15, -0.1) is 6.58 Å². The molecule has 0 aliphatic carbocycles. The molecule has 1 unspecified atom stereocenters. The summed E-state index contributed by atoms with van der Waals surface area (Å²) in [5.74, 6) is 0.813. The Bertz CT molecular complexity index is 379. The zero-order valence-electron chi connectivity index (χ0n) is 11.2. The van der Waals surface area contributed by atoms with E-state index in [9.17, 15) is 0 Å². The molecule has 0 bridgehead atoms. The first kappa shape index (κ1) is 15.1. The standard InChI is InChI=1S/C15H22ClNO/c1-4-8-17-14(9-12(2)3)11-18-15-7-5-6-13(16)10-15/h5-7,10,14,17H,2,4,8-9,11H2,1,3H3. The fourth-order valence-corrected chi connectivity index (χ4v) is 1.89. The van der Waals surface area contributed by atoms with Crippen molar-refractivity contribution in [2.75, 3.05) is 13.2 Å². The van der Waals surface area contributed by atoms with Gasteiger partial charge in [-0.25, -0.2) is 0 Å². The third-order valence-corrected chi connectivity index (χ3v) is 2.76. The number of benzene rings is 1. The van der Waals surface area contributed by atoms with Crippen LogP contribution in [-0.2, 0) is 0 Å². The molecule has 0 saturated carbocycles. The van der Waals surface area contributed by atoms with Gasteiger partial charge in [0.2, 0.25) is 0 Å². The number of hydrogen-bond donors (Lipinski definition) is 1. The molecule has 18 heavy (non-hydrogen) atoms. The average molecular weight is 268 g/mol. The summed E-state index contributed by atoms with van der Waals surface area (Å²) in [6.07, 6.45) is 2.05. The van der Waals surface area contributed by atoms with Gasteiger partial charge in [0.05, 0.1) is 0 Å². The molecule has 2 nitrogen and oxygen atoms in total. The second-order valence-corrected chi connectivity index (χ2v) is 5.02. The molecule has 1 atom stereocenters. The van der Waals surface area contributed by atoms with E-state index < -0.39 is 0 Å². The third kappa shape index (κ3) is 6.08. The van der Waals surface area contributed by atoms with Gasteiger partial charge in [-0.05, 0) is 44.5 Å². The number of hydrogen-bond acceptors (Lipinski definition) is 2. The number of rotatable bonds is 8. The van der Waals surface area contributed by atoms with E-state index in [-0.39, 0.29) is 0 Å².